The number of nitrogens with zero attached hydrogens (tertiary/aromatic N) is 2. The van der Waals surface area contributed by atoms with E-state index in [1.165, 1.54) is 11.3 Å². The van der Waals surface area contributed by atoms with Gasteiger partial charge in [0.15, 0.2) is 0 Å². The highest BCUT2D eigenvalue weighted by molar-refractivity contribution is 7.09. The minimum absolute atomic E-state index is 0.0623. The second-order valence-electron chi connectivity index (χ2n) is 14.4. The molecule has 1 unspecified atom stereocenters. The number of carboxylic acid groups (broad SMARTS) is 1. The summed E-state index contributed by atoms with van der Waals surface area (Å²) in [6, 6.07) is 7.51. The number of hydrogen-bond donors (Lipinski definition) is 4. The first-order chi connectivity index (χ1) is 24.7. The van der Waals surface area contributed by atoms with Gasteiger partial charge in [-0.3, -0.25) is 19.2 Å². The lowest BCUT2D eigenvalue weighted by Crippen LogP contribution is -2.59. The summed E-state index contributed by atoms with van der Waals surface area (Å²) in [5, 5.41) is 21.2. The normalized spacial score (nSPS) is 16.2. The highest BCUT2D eigenvalue weighted by atomic mass is 32.1. The van der Waals surface area contributed by atoms with Crippen LogP contribution in [0.25, 0.3) is 0 Å². The molecule has 8 atom stereocenters. The predicted molar refractivity (Wildman–Crippen MR) is 208 cm³/mol. The lowest BCUT2D eigenvalue weighted by Gasteiger charge is -2.39. The maximum Gasteiger partial charge on any atom is 0.306 e. The zero-order valence-corrected chi connectivity index (χ0v) is 33.9. The number of hydrogen-bond acceptors (Lipinski definition) is 8. The maximum atomic E-state index is 14.6. The Morgan fingerprint density at radius 1 is 0.885 bits per heavy atom. The van der Waals surface area contributed by atoms with Gasteiger partial charge in [-0.1, -0.05) is 105 Å². The summed E-state index contributed by atoms with van der Waals surface area (Å²) in [4.78, 5) is 60.1. The summed E-state index contributed by atoms with van der Waals surface area (Å²) in [5.41, 5.74) is 1.05. The molecule has 292 valence electrons. The number of carboxylic acids is 1. The lowest BCUT2D eigenvalue weighted by atomic mass is 9.91. The highest BCUT2D eigenvalue weighted by Gasteiger charge is 2.38. The number of thiazole rings is 1. The van der Waals surface area contributed by atoms with Gasteiger partial charge in [0.2, 0.25) is 11.8 Å². The summed E-state index contributed by atoms with van der Waals surface area (Å²) >= 11 is 1.34. The SMILES string of the molecule is CCCO[C@H](C[C@H](C(C)C)N(CCC)C(=O)[C@@H](NC(=O)[C@H](NC)[C@@H](C)CC)[C@@H](C)CC)c1nc(C(=O)NC(C[C@H](C)C(=O)O)c2ccccc2)cs1. The molecular formula is C40H65N5O6S. The van der Waals surface area contributed by atoms with E-state index in [2.05, 4.69) is 36.7 Å². The molecule has 11 nitrogen and oxygen atoms in total. The predicted octanol–water partition coefficient (Wildman–Crippen LogP) is 7.01. The number of nitrogens with one attached hydrogen (secondary N) is 3. The van der Waals surface area contributed by atoms with E-state index in [0.29, 0.717) is 24.6 Å². The Kier molecular flexibility index (Phi) is 19.5. The highest BCUT2D eigenvalue weighted by Crippen LogP contribution is 2.32. The number of benzene rings is 1. The first-order valence-corrected chi connectivity index (χ1v) is 20.1. The van der Waals surface area contributed by atoms with Gasteiger partial charge in [0.25, 0.3) is 5.91 Å². The number of amides is 3. The van der Waals surface area contributed by atoms with E-state index in [-0.39, 0.29) is 47.7 Å². The monoisotopic (exact) mass is 743 g/mol. The molecule has 4 N–H and O–H groups in total. The van der Waals surface area contributed by atoms with Crippen LogP contribution < -0.4 is 16.0 Å². The molecule has 0 spiro atoms. The molecule has 3 amide bonds. The molecular weight excluding hydrogens is 679 g/mol. The van der Waals surface area contributed by atoms with Crippen molar-refractivity contribution in [1.29, 1.82) is 0 Å². The molecule has 0 aliphatic carbocycles. The van der Waals surface area contributed by atoms with E-state index in [4.69, 9.17) is 9.72 Å². The largest absolute Gasteiger partial charge is 0.481 e. The Bertz CT molecular complexity index is 1390. The van der Waals surface area contributed by atoms with Crippen molar-refractivity contribution in [3.05, 3.63) is 52.0 Å². The zero-order chi connectivity index (χ0) is 39.0. The standard InChI is InChI=1S/C40H65N5O6S/c1-11-20-45(39(48)35(27(8)14-4)44-37(47)34(41-10)26(7)13-3)32(25(5)6)23-33(51-21-12-2)38-43-31(24-52-38)36(46)42-30(22-28(9)40(49)50)29-18-16-15-17-19-29/h15-19,24-28,30,32-35,41H,11-14,20-23H2,1-10H3,(H,42,46)(H,44,47)(H,49,50)/t26-,27-,28-,30?,32+,33+,34+,35-/m0/s1. The van der Waals surface area contributed by atoms with Crippen LogP contribution in [0.3, 0.4) is 0 Å². The van der Waals surface area contributed by atoms with Crippen molar-refractivity contribution in [2.24, 2.45) is 23.7 Å². The summed E-state index contributed by atoms with van der Waals surface area (Å²) in [7, 11) is 1.78. The smallest absolute Gasteiger partial charge is 0.306 e. The van der Waals surface area contributed by atoms with Crippen molar-refractivity contribution in [3.63, 3.8) is 0 Å². The third-order valence-electron chi connectivity index (χ3n) is 10.0. The van der Waals surface area contributed by atoms with Crippen molar-refractivity contribution in [1.82, 2.24) is 25.8 Å². The molecule has 0 saturated heterocycles. The average molecular weight is 744 g/mol. The Morgan fingerprint density at radius 3 is 2.06 bits per heavy atom. The molecule has 2 rings (SSSR count). The van der Waals surface area contributed by atoms with E-state index in [1.807, 2.05) is 69.9 Å². The van der Waals surface area contributed by atoms with E-state index < -0.39 is 42.0 Å². The van der Waals surface area contributed by atoms with Crippen LogP contribution in [-0.2, 0) is 19.1 Å². The van der Waals surface area contributed by atoms with E-state index in [9.17, 15) is 24.3 Å². The molecule has 12 heteroatoms. The van der Waals surface area contributed by atoms with E-state index in [0.717, 1.165) is 31.2 Å². The van der Waals surface area contributed by atoms with Gasteiger partial charge in [0.1, 0.15) is 22.8 Å². The lowest BCUT2D eigenvalue weighted by molar-refractivity contribution is -0.142. The summed E-state index contributed by atoms with van der Waals surface area (Å²) in [6.45, 7) is 19.0. The van der Waals surface area contributed by atoms with Crippen LogP contribution in [0.15, 0.2) is 35.7 Å². The Labute approximate surface area is 316 Å². The first-order valence-electron chi connectivity index (χ1n) is 19.2. The van der Waals surface area contributed by atoms with Gasteiger partial charge in [-0.2, -0.15) is 0 Å². The fraction of sp³-hybridized carbons (Fsp3) is 0.675. The Morgan fingerprint density at radius 2 is 1.52 bits per heavy atom. The second kappa shape index (κ2) is 22.7. The van der Waals surface area contributed by atoms with Gasteiger partial charge >= 0.3 is 5.97 Å². The first kappa shape index (κ1) is 44.8. The molecule has 1 aromatic heterocycles. The molecule has 2 aromatic rings. The fourth-order valence-corrected chi connectivity index (χ4v) is 7.22. The van der Waals surface area contributed by atoms with Gasteiger partial charge in [-0.05, 0) is 49.6 Å². The van der Waals surface area contributed by atoms with Crippen LogP contribution in [0.2, 0.25) is 0 Å². The van der Waals surface area contributed by atoms with Crippen molar-refractivity contribution in [2.45, 2.75) is 131 Å². The van der Waals surface area contributed by atoms with Crippen LogP contribution >= 0.6 is 11.3 Å². The average Bonchev–Trinajstić information content (AvgIpc) is 3.63. The number of aromatic nitrogens is 1. The van der Waals surface area contributed by atoms with E-state index >= 15 is 0 Å². The van der Waals surface area contributed by atoms with E-state index in [1.54, 1.807) is 19.4 Å². The molecule has 0 saturated carbocycles. The van der Waals surface area contributed by atoms with Crippen molar-refractivity contribution >= 4 is 35.0 Å². The summed E-state index contributed by atoms with van der Waals surface area (Å²) < 4.78 is 6.40. The molecule has 52 heavy (non-hydrogen) atoms. The minimum atomic E-state index is -0.927. The van der Waals surface area contributed by atoms with Crippen LogP contribution in [-0.4, -0.2) is 77.0 Å². The molecule has 1 heterocycles. The molecule has 0 bridgehead atoms. The van der Waals surface area contributed by atoms with Gasteiger partial charge in [-0.25, -0.2) is 4.98 Å². The van der Waals surface area contributed by atoms with Crippen molar-refractivity contribution < 1.29 is 29.0 Å². The third-order valence-corrected chi connectivity index (χ3v) is 11.0. The molecule has 0 aliphatic heterocycles. The van der Waals surface area contributed by atoms with Crippen molar-refractivity contribution in [2.75, 3.05) is 20.2 Å². The van der Waals surface area contributed by atoms with Gasteiger partial charge in [0, 0.05) is 31.0 Å². The Balaban J connectivity index is 2.42. The van der Waals surface area contributed by atoms with Crippen molar-refractivity contribution in [3.8, 4) is 0 Å². The number of carbonyl (C=O) groups is 4. The van der Waals surface area contributed by atoms with Gasteiger partial charge in [0.05, 0.1) is 18.0 Å². The van der Waals surface area contributed by atoms with Crippen LogP contribution in [0.5, 0.6) is 0 Å². The quantitative estimate of drug-likeness (QED) is 0.0897. The number of ether oxygens (including phenoxy) is 1. The van der Waals surface area contributed by atoms with Gasteiger partial charge < -0.3 is 30.7 Å². The molecule has 1 aromatic carbocycles. The Hall–Kier alpha value is -3.35. The minimum Gasteiger partial charge on any atom is -0.481 e. The maximum absolute atomic E-state index is 14.6. The zero-order valence-electron chi connectivity index (χ0n) is 33.1. The number of rotatable bonds is 24. The molecule has 0 radical (unpaired) electrons. The fourth-order valence-electron chi connectivity index (χ4n) is 6.36. The second-order valence-corrected chi connectivity index (χ2v) is 15.3. The van der Waals surface area contributed by atoms with Gasteiger partial charge in [-0.15, -0.1) is 11.3 Å². The van der Waals surface area contributed by atoms with Crippen LogP contribution in [0.1, 0.15) is 134 Å². The topological polar surface area (TPSA) is 150 Å². The summed E-state index contributed by atoms with van der Waals surface area (Å²) in [5.74, 6) is -2.17. The molecule has 0 fully saturated rings. The summed E-state index contributed by atoms with van der Waals surface area (Å²) in [6.07, 6.45) is 3.30. The van der Waals surface area contributed by atoms with Crippen LogP contribution in [0.4, 0.5) is 0 Å². The number of aliphatic carboxylic acids is 1. The number of carbonyl (C=O) groups excluding carboxylic acids is 3. The van der Waals surface area contributed by atoms with Crippen LogP contribution in [0, 0.1) is 23.7 Å². The number of likely N-dealkylation sites (N-methyl/N-ethyl adjacent to an activating group) is 1. The third kappa shape index (κ3) is 12.9. The molecule has 0 aliphatic rings.